The van der Waals surface area contributed by atoms with E-state index >= 15 is 0 Å². The Kier molecular flexibility index (Phi) is 3.58. The number of ketones is 1. The molecule has 0 aromatic carbocycles. The second-order valence-corrected chi connectivity index (χ2v) is 3.05. The van der Waals surface area contributed by atoms with E-state index in [1.807, 2.05) is 14.0 Å². The average molecular weight is 143 g/mol. The summed E-state index contributed by atoms with van der Waals surface area (Å²) in [5.74, 6) is 0.233. The van der Waals surface area contributed by atoms with Crippen molar-refractivity contribution in [3.63, 3.8) is 0 Å². The molecule has 0 aromatic heterocycles. The Morgan fingerprint density at radius 2 is 1.70 bits per heavy atom. The molecule has 0 N–H and O–H groups in total. The summed E-state index contributed by atoms with van der Waals surface area (Å²) in [6.45, 7) is 7.73. The fourth-order valence-electron chi connectivity index (χ4n) is 0.734. The molecule has 60 valence electrons. The number of carbonyl (C=O) groups is 1. The van der Waals surface area contributed by atoms with Crippen molar-refractivity contribution in [3.05, 3.63) is 0 Å². The second-order valence-electron chi connectivity index (χ2n) is 3.05. The highest BCUT2D eigenvalue weighted by Crippen LogP contribution is 2.01. The quantitative estimate of drug-likeness (QED) is 0.593. The number of hydrogen-bond donors (Lipinski definition) is 0. The number of Topliss-reactive ketones (excluding diaryl/α,β-unsaturated/α-hetero) is 1. The lowest BCUT2D eigenvalue weighted by atomic mass is 10.2. The molecule has 1 unspecified atom stereocenters. The van der Waals surface area contributed by atoms with E-state index in [0.717, 1.165) is 0 Å². The van der Waals surface area contributed by atoms with Crippen LogP contribution >= 0.6 is 0 Å². The Morgan fingerprint density at radius 3 is 1.80 bits per heavy atom. The first-order valence-electron chi connectivity index (χ1n) is 3.69. The molecule has 0 fully saturated rings. The molecule has 0 aliphatic heterocycles. The maximum atomic E-state index is 10.8. The smallest absolute Gasteiger partial charge is 0.146 e. The number of nitrogens with zero attached hydrogens (tertiary/aromatic N) is 1. The molecule has 0 heterocycles. The van der Waals surface area contributed by atoms with Gasteiger partial charge in [-0.2, -0.15) is 0 Å². The second kappa shape index (κ2) is 3.71. The van der Waals surface area contributed by atoms with Gasteiger partial charge in [0, 0.05) is 6.04 Å². The molecule has 2 nitrogen and oxygen atoms in total. The van der Waals surface area contributed by atoms with Gasteiger partial charge in [-0.3, -0.25) is 9.69 Å². The molecule has 0 aromatic rings. The maximum Gasteiger partial charge on any atom is 0.146 e. The van der Waals surface area contributed by atoms with E-state index in [1.54, 1.807) is 6.92 Å². The minimum Gasteiger partial charge on any atom is -0.298 e. The highest BCUT2D eigenvalue weighted by Gasteiger charge is 2.15. The van der Waals surface area contributed by atoms with Crippen molar-refractivity contribution in [2.24, 2.45) is 0 Å². The van der Waals surface area contributed by atoms with Crippen LogP contribution in [-0.4, -0.2) is 29.8 Å². The molecule has 0 radical (unpaired) electrons. The third kappa shape index (κ3) is 2.48. The van der Waals surface area contributed by atoms with Gasteiger partial charge < -0.3 is 0 Å². The monoisotopic (exact) mass is 143 g/mol. The fourth-order valence-corrected chi connectivity index (χ4v) is 0.734. The summed E-state index contributed by atoms with van der Waals surface area (Å²) in [6, 6.07) is 0.499. The zero-order valence-corrected chi connectivity index (χ0v) is 7.51. The lowest BCUT2D eigenvalue weighted by molar-refractivity contribution is -0.121. The number of hydrogen-bond acceptors (Lipinski definition) is 2. The van der Waals surface area contributed by atoms with Gasteiger partial charge in [0.2, 0.25) is 0 Å². The summed E-state index contributed by atoms with van der Waals surface area (Å²) < 4.78 is 0. The first-order chi connectivity index (χ1) is 4.46. The van der Waals surface area contributed by atoms with Crippen LogP contribution in [0.25, 0.3) is 0 Å². The van der Waals surface area contributed by atoms with Crippen molar-refractivity contribution in [3.8, 4) is 0 Å². The molecule has 0 rings (SSSR count). The first kappa shape index (κ1) is 9.63. The minimum atomic E-state index is 0.0556. The zero-order valence-electron chi connectivity index (χ0n) is 7.51. The molecular formula is C8H17NO. The van der Waals surface area contributed by atoms with Crippen LogP contribution in [0.15, 0.2) is 0 Å². The lowest BCUT2D eigenvalue weighted by Gasteiger charge is -2.26. The summed E-state index contributed by atoms with van der Waals surface area (Å²) in [4.78, 5) is 12.9. The number of likely N-dealkylation sites (N-methyl/N-ethyl adjacent to an activating group) is 1. The van der Waals surface area contributed by atoms with Gasteiger partial charge in [-0.1, -0.05) is 0 Å². The van der Waals surface area contributed by atoms with Crippen molar-refractivity contribution in [1.82, 2.24) is 4.90 Å². The van der Waals surface area contributed by atoms with Gasteiger partial charge in [-0.15, -0.1) is 0 Å². The van der Waals surface area contributed by atoms with E-state index in [-0.39, 0.29) is 11.8 Å². The highest BCUT2D eigenvalue weighted by molar-refractivity contribution is 5.80. The van der Waals surface area contributed by atoms with E-state index in [2.05, 4.69) is 18.7 Å². The Labute approximate surface area is 63.2 Å². The van der Waals surface area contributed by atoms with Crippen LogP contribution in [0.1, 0.15) is 27.7 Å². The summed E-state index contributed by atoms with van der Waals surface area (Å²) >= 11 is 0. The molecule has 0 spiro atoms. The van der Waals surface area contributed by atoms with E-state index < -0.39 is 0 Å². The van der Waals surface area contributed by atoms with E-state index in [4.69, 9.17) is 0 Å². The van der Waals surface area contributed by atoms with E-state index in [9.17, 15) is 4.79 Å². The molecular weight excluding hydrogens is 126 g/mol. The SMILES string of the molecule is CC(=O)C(C)N(C)C(C)C. The number of carbonyl (C=O) groups excluding carboxylic acids is 1. The topological polar surface area (TPSA) is 20.3 Å². The van der Waals surface area contributed by atoms with Crippen LogP contribution in [-0.2, 0) is 4.79 Å². The van der Waals surface area contributed by atoms with Crippen LogP contribution in [0.5, 0.6) is 0 Å². The van der Waals surface area contributed by atoms with Crippen molar-refractivity contribution >= 4 is 5.78 Å². The minimum absolute atomic E-state index is 0.0556. The largest absolute Gasteiger partial charge is 0.298 e. The fraction of sp³-hybridized carbons (Fsp3) is 0.875. The average Bonchev–Trinajstić information content (AvgIpc) is 1.84. The van der Waals surface area contributed by atoms with Crippen molar-refractivity contribution in [2.75, 3.05) is 7.05 Å². The van der Waals surface area contributed by atoms with Crippen LogP contribution < -0.4 is 0 Å². The van der Waals surface area contributed by atoms with Crippen molar-refractivity contribution in [2.45, 2.75) is 39.8 Å². The van der Waals surface area contributed by atoms with E-state index in [0.29, 0.717) is 6.04 Å². The van der Waals surface area contributed by atoms with Gasteiger partial charge in [-0.05, 0) is 34.7 Å². The maximum absolute atomic E-state index is 10.8. The Hall–Kier alpha value is -0.370. The molecule has 0 amide bonds. The molecule has 0 aliphatic rings. The lowest BCUT2D eigenvalue weighted by Crippen LogP contribution is -2.39. The summed E-state index contributed by atoms with van der Waals surface area (Å²) in [7, 11) is 1.97. The predicted molar refractivity (Wildman–Crippen MR) is 43.0 cm³/mol. The molecule has 0 saturated carbocycles. The summed E-state index contributed by atoms with van der Waals surface area (Å²) in [5, 5.41) is 0. The molecule has 0 saturated heterocycles. The Morgan fingerprint density at radius 1 is 1.30 bits per heavy atom. The van der Waals surface area contributed by atoms with Gasteiger partial charge in [0.25, 0.3) is 0 Å². The van der Waals surface area contributed by atoms with Crippen LogP contribution in [0.4, 0.5) is 0 Å². The molecule has 10 heavy (non-hydrogen) atoms. The molecule has 0 aliphatic carbocycles. The molecule has 2 heteroatoms. The highest BCUT2D eigenvalue weighted by atomic mass is 16.1. The summed E-state index contributed by atoms with van der Waals surface area (Å²) in [5.41, 5.74) is 0. The normalized spacial score (nSPS) is 14.3. The molecule has 1 atom stereocenters. The van der Waals surface area contributed by atoms with Gasteiger partial charge in [0.05, 0.1) is 6.04 Å². The number of rotatable bonds is 3. The third-order valence-electron chi connectivity index (χ3n) is 2.01. The Balaban J connectivity index is 3.94. The van der Waals surface area contributed by atoms with Crippen molar-refractivity contribution < 1.29 is 4.79 Å². The van der Waals surface area contributed by atoms with Crippen LogP contribution in [0, 0.1) is 0 Å². The van der Waals surface area contributed by atoms with Gasteiger partial charge >= 0.3 is 0 Å². The van der Waals surface area contributed by atoms with Crippen LogP contribution in [0.3, 0.4) is 0 Å². The third-order valence-corrected chi connectivity index (χ3v) is 2.01. The van der Waals surface area contributed by atoms with E-state index in [1.165, 1.54) is 0 Å². The molecule has 0 bridgehead atoms. The van der Waals surface area contributed by atoms with Crippen LogP contribution in [0.2, 0.25) is 0 Å². The first-order valence-corrected chi connectivity index (χ1v) is 3.69. The van der Waals surface area contributed by atoms with Gasteiger partial charge in [0.1, 0.15) is 5.78 Å². The Bertz CT molecular complexity index is 120. The predicted octanol–water partition coefficient (Wildman–Crippen LogP) is 1.30. The standard InChI is InChI=1S/C8H17NO/c1-6(2)9(5)7(3)8(4)10/h6-7H,1-5H3. The summed E-state index contributed by atoms with van der Waals surface area (Å²) in [6.07, 6.45) is 0. The van der Waals surface area contributed by atoms with Crippen molar-refractivity contribution in [1.29, 1.82) is 0 Å². The zero-order chi connectivity index (χ0) is 8.31. The van der Waals surface area contributed by atoms with Gasteiger partial charge in [0.15, 0.2) is 0 Å². The van der Waals surface area contributed by atoms with Gasteiger partial charge in [-0.25, -0.2) is 0 Å².